The van der Waals surface area contributed by atoms with Crippen LogP contribution in [-0.4, -0.2) is 35.1 Å². The fourth-order valence-electron chi connectivity index (χ4n) is 1.65. The van der Waals surface area contributed by atoms with Crippen LogP contribution in [0, 0.1) is 6.92 Å². The number of hydrazone groups is 1. The first-order valence-corrected chi connectivity index (χ1v) is 6.58. The molecule has 8 heteroatoms. The van der Waals surface area contributed by atoms with E-state index in [0.29, 0.717) is 23.4 Å². The Morgan fingerprint density at radius 2 is 2.25 bits per heavy atom. The highest BCUT2D eigenvalue weighted by Gasteiger charge is 2.20. The molecule has 0 aliphatic carbocycles. The lowest BCUT2D eigenvalue weighted by Crippen LogP contribution is -2.33. The van der Waals surface area contributed by atoms with Gasteiger partial charge in [0.1, 0.15) is 5.75 Å². The van der Waals surface area contributed by atoms with Gasteiger partial charge in [-0.1, -0.05) is 18.6 Å². The summed E-state index contributed by atoms with van der Waals surface area (Å²) in [6, 6.07) is 3.48. The zero-order chi connectivity index (χ0) is 15.1. The van der Waals surface area contributed by atoms with Crippen LogP contribution >= 0.6 is 12.2 Å². The van der Waals surface area contributed by atoms with Gasteiger partial charge in [-0.15, -0.1) is 0 Å². The molecule has 5 N–H and O–H groups in total. The van der Waals surface area contributed by atoms with Gasteiger partial charge in [0.05, 0.1) is 12.8 Å². The summed E-state index contributed by atoms with van der Waals surface area (Å²) in [5, 5.41) is 22.8. The molecule has 0 saturated heterocycles. The molecule has 0 amide bonds. The normalized spacial score (nSPS) is 10.6. The number of aryl methyl sites for hydroxylation is 1. The van der Waals surface area contributed by atoms with E-state index in [0.717, 1.165) is 12.0 Å². The molecule has 1 rings (SSSR count). The van der Waals surface area contributed by atoms with Gasteiger partial charge in [0, 0.05) is 11.0 Å². The maximum atomic E-state index is 9.44. The number of rotatable bonds is 6. The number of nitrogens with one attached hydrogen (secondary N) is 1. The second-order valence-corrected chi connectivity index (χ2v) is 4.67. The lowest BCUT2D eigenvalue weighted by Gasteiger charge is -2.14. The molecule has 0 aromatic heterocycles. The summed E-state index contributed by atoms with van der Waals surface area (Å²) in [6.07, 6.45) is 2.28. The highest BCUT2D eigenvalue weighted by Crippen LogP contribution is 2.17. The van der Waals surface area contributed by atoms with Crippen LogP contribution in [0.4, 0.5) is 0 Å². The Labute approximate surface area is 123 Å². The first-order valence-electron chi connectivity index (χ1n) is 6.17. The Balaban J connectivity index is 3.17. The van der Waals surface area contributed by atoms with Crippen molar-refractivity contribution in [3.8, 4) is 5.75 Å². The maximum absolute atomic E-state index is 9.44. The summed E-state index contributed by atoms with van der Waals surface area (Å²) in [4.78, 5) is 0. The number of thiocarbonyl (C=S) groups is 1. The number of ether oxygens (including phenoxy) is 1. The molecule has 0 saturated carbocycles. The third kappa shape index (κ3) is 4.80. The monoisotopic (exact) mass is 295 g/mol. The van der Waals surface area contributed by atoms with E-state index in [1.807, 2.05) is 19.9 Å². The van der Waals surface area contributed by atoms with Gasteiger partial charge >= 0.3 is 7.12 Å². The van der Waals surface area contributed by atoms with Gasteiger partial charge in [-0.2, -0.15) is 5.10 Å². The van der Waals surface area contributed by atoms with Gasteiger partial charge in [0.25, 0.3) is 0 Å². The molecule has 0 spiro atoms. The van der Waals surface area contributed by atoms with Crippen molar-refractivity contribution in [2.24, 2.45) is 10.8 Å². The molecular weight excluding hydrogens is 277 g/mol. The minimum atomic E-state index is -1.61. The smallest absolute Gasteiger partial charge is 0.492 e. The highest BCUT2D eigenvalue weighted by molar-refractivity contribution is 7.80. The van der Waals surface area contributed by atoms with Crippen molar-refractivity contribution in [2.75, 3.05) is 6.61 Å². The minimum Gasteiger partial charge on any atom is -0.493 e. The van der Waals surface area contributed by atoms with Crippen LogP contribution < -0.4 is 21.4 Å². The Morgan fingerprint density at radius 3 is 2.80 bits per heavy atom. The number of nitrogens with zero attached hydrogens (tertiary/aromatic N) is 1. The molecule has 0 aliphatic rings. The summed E-state index contributed by atoms with van der Waals surface area (Å²) in [7, 11) is -1.61. The van der Waals surface area contributed by atoms with E-state index in [-0.39, 0.29) is 5.11 Å². The van der Waals surface area contributed by atoms with Gasteiger partial charge in [0.15, 0.2) is 5.11 Å². The first kappa shape index (κ1) is 16.4. The molecule has 0 fully saturated rings. The van der Waals surface area contributed by atoms with Crippen molar-refractivity contribution in [1.82, 2.24) is 5.43 Å². The predicted octanol–water partition coefficient (Wildman–Crippen LogP) is -0.369. The molecule has 6 nitrogen and oxygen atoms in total. The molecular formula is C12H18BN3O3S. The average Bonchev–Trinajstić information content (AvgIpc) is 2.36. The molecule has 0 radical (unpaired) electrons. The largest absolute Gasteiger partial charge is 0.493 e. The van der Waals surface area contributed by atoms with Crippen LogP contribution in [-0.2, 0) is 0 Å². The first-order chi connectivity index (χ1) is 9.45. The topological polar surface area (TPSA) is 100 Å². The second-order valence-electron chi connectivity index (χ2n) is 4.23. The van der Waals surface area contributed by atoms with Crippen molar-refractivity contribution in [1.29, 1.82) is 0 Å². The molecule has 0 bridgehead atoms. The summed E-state index contributed by atoms with van der Waals surface area (Å²) >= 11 is 4.65. The van der Waals surface area contributed by atoms with Crippen LogP contribution in [0.3, 0.4) is 0 Å². The molecule has 0 unspecified atom stereocenters. The van der Waals surface area contributed by atoms with Crippen LogP contribution in [0.25, 0.3) is 0 Å². The summed E-state index contributed by atoms with van der Waals surface area (Å²) < 4.78 is 5.59. The zero-order valence-electron chi connectivity index (χ0n) is 11.5. The minimum absolute atomic E-state index is 0.0485. The number of hydrogen-bond donors (Lipinski definition) is 4. The average molecular weight is 295 g/mol. The summed E-state index contributed by atoms with van der Waals surface area (Å²) in [5.41, 5.74) is 9.49. The van der Waals surface area contributed by atoms with E-state index in [1.54, 1.807) is 6.07 Å². The van der Waals surface area contributed by atoms with E-state index in [1.165, 1.54) is 6.21 Å². The van der Waals surface area contributed by atoms with Crippen molar-refractivity contribution in [3.05, 3.63) is 23.3 Å². The van der Waals surface area contributed by atoms with Crippen LogP contribution in [0.5, 0.6) is 5.75 Å². The van der Waals surface area contributed by atoms with Crippen molar-refractivity contribution >= 4 is 36.1 Å². The molecule has 0 heterocycles. The van der Waals surface area contributed by atoms with E-state index >= 15 is 0 Å². The third-order valence-corrected chi connectivity index (χ3v) is 2.49. The number of benzene rings is 1. The predicted molar refractivity (Wildman–Crippen MR) is 84.3 cm³/mol. The van der Waals surface area contributed by atoms with Crippen molar-refractivity contribution < 1.29 is 14.8 Å². The van der Waals surface area contributed by atoms with Gasteiger partial charge in [-0.05, 0) is 31.6 Å². The summed E-state index contributed by atoms with van der Waals surface area (Å²) in [5.74, 6) is 0.390. The summed E-state index contributed by atoms with van der Waals surface area (Å²) in [6.45, 7) is 4.27. The fraction of sp³-hybridized carbons (Fsp3) is 0.333. The SMILES string of the molecule is CCCOc1c(C=NNC(N)=S)cc(C)cc1B(O)O. The fourth-order valence-corrected chi connectivity index (χ4v) is 1.71. The van der Waals surface area contributed by atoms with Gasteiger partial charge in [0.2, 0.25) is 0 Å². The van der Waals surface area contributed by atoms with Crippen molar-refractivity contribution in [2.45, 2.75) is 20.3 Å². The molecule has 1 aromatic carbocycles. The van der Waals surface area contributed by atoms with Crippen LogP contribution in [0.2, 0.25) is 0 Å². The Hall–Kier alpha value is -1.64. The lowest BCUT2D eigenvalue weighted by molar-refractivity contribution is 0.317. The number of nitrogens with two attached hydrogens (primary N) is 1. The molecule has 1 aromatic rings. The Morgan fingerprint density at radius 1 is 1.55 bits per heavy atom. The Bertz CT molecular complexity index is 509. The van der Waals surface area contributed by atoms with Crippen molar-refractivity contribution in [3.63, 3.8) is 0 Å². The zero-order valence-corrected chi connectivity index (χ0v) is 12.3. The molecule has 20 heavy (non-hydrogen) atoms. The Kier molecular flexibility index (Phi) is 6.43. The second kappa shape index (κ2) is 7.83. The molecule has 0 atom stereocenters. The van der Waals surface area contributed by atoms with E-state index in [9.17, 15) is 10.0 Å². The highest BCUT2D eigenvalue weighted by atomic mass is 32.1. The standard InChI is InChI=1S/C12H18BN3O3S/c1-3-4-19-11-9(7-15-16-12(14)20)5-8(2)6-10(11)13(17)18/h5-7,17-18H,3-4H2,1-2H3,(H3,14,16,20). The quantitative estimate of drug-likeness (QED) is 0.247. The third-order valence-electron chi connectivity index (χ3n) is 2.40. The molecule has 0 aliphatic heterocycles. The van der Waals surface area contributed by atoms with E-state index < -0.39 is 7.12 Å². The van der Waals surface area contributed by atoms with E-state index in [4.69, 9.17) is 10.5 Å². The van der Waals surface area contributed by atoms with Crippen LogP contribution in [0.15, 0.2) is 17.2 Å². The maximum Gasteiger partial charge on any atom is 0.492 e. The van der Waals surface area contributed by atoms with Gasteiger partial charge < -0.3 is 20.5 Å². The molecule has 108 valence electrons. The number of hydrogen-bond acceptors (Lipinski definition) is 5. The van der Waals surface area contributed by atoms with Gasteiger partial charge in [-0.3, -0.25) is 5.43 Å². The lowest BCUT2D eigenvalue weighted by atomic mass is 9.77. The van der Waals surface area contributed by atoms with Gasteiger partial charge in [-0.25, -0.2) is 0 Å². The van der Waals surface area contributed by atoms with E-state index in [2.05, 4.69) is 22.7 Å². The van der Waals surface area contributed by atoms with Crippen LogP contribution in [0.1, 0.15) is 24.5 Å².